The number of methoxy groups -OCH3 is 12. The zero-order valence-electron chi connectivity index (χ0n) is 37.1. The van der Waals surface area contributed by atoms with Crippen LogP contribution in [0.25, 0.3) is 60.5 Å². The van der Waals surface area contributed by atoms with Gasteiger partial charge in [-0.3, -0.25) is 0 Å². The van der Waals surface area contributed by atoms with E-state index in [-0.39, 0.29) is 0 Å². The molecule has 16 aromatic heterocycles. The zero-order valence-corrected chi connectivity index (χ0v) is 39.5. The van der Waals surface area contributed by atoms with Crippen LogP contribution >= 0.6 is 34.0 Å². The van der Waals surface area contributed by atoms with Crippen LogP contribution in [-0.4, -0.2) is 85.3 Å². The first-order chi connectivity index (χ1) is 30.6. The van der Waals surface area contributed by atoms with Gasteiger partial charge in [0.2, 0.25) is 0 Å². The van der Waals surface area contributed by atoms with Gasteiger partial charge in [-0.25, -0.2) is 0 Å². The molecule has 0 radical (unpaired) electrons. The van der Waals surface area contributed by atoms with E-state index in [1.165, 1.54) is 34.0 Å². The van der Waals surface area contributed by atoms with Crippen LogP contribution in [0.1, 0.15) is 0 Å². The molecule has 0 N–H and O–H groups in total. The Labute approximate surface area is 376 Å². The Morgan fingerprint density at radius 3 is 0.429 bits per heavy atom. The van der Waals surface area contributed by atoms with Crippen LogP contribution in [0.15, 0.2) is 72.8 Å². The zero-order chi connectivity index (χ0) is 44.9. The summed E-state index contributed by atoms with van der Waals surface area (Å²) >= 11 is 4.33. The molecule has 22 rings (SSSR count). The van der Waals surface area contributed by atoms with Gasteiger partial charge in [-0.05, 0) is 36.4 Å². The third-order valence-electron chi connectivity index (χ3n) is 10.4. The molecular weight excluding hydrogens is 865 g/mol. The third kappa shape index (κ3) is 8.43. The highest BCUT2D eigenvalue weighted by Gasteiger charge is 2.18. The Morgan fingerprint density at radius 1 is 0.190 bits per heavy atom. The third-order valence-corrected chi connectivity index (χ3v) is 13.7. The van der Waals surface area contributed by atoms with E-state index in [2.05, 4.69) is 0 Å². The molecule has 12 nitrogen and oxygen atoms in total. The van der Waals surface area contributed by atoms with Crippen LogP contribution in [-0.2, 0) is 0 Å². The van der Waals surface area contributed by atoms with Gasteiger partial charge < -0.3 is 56.8 Å². The first-order valence-electron chi connectivity index (χ1n) is 19.3. The summed E-state index contributed by atoms with van der Waals surface area (Å²) in [7, 11) is 19.5. The maximum atomic E-state index is 6.05. The van der Waals surface area contributed by atoms with Crippen molar-refractivity contribution in [3.05, 3.63) is 72.8 Å². The van der Waals surface area contributed by atoms with Gasteiger partial charge >= 0.3 is 0 Å². The van der Waals surface area contributed by atoms with Crippen LogP contribution in [0.5, 0.6) is 69.0 Å². The highest BCUT2D eigenvalue weighted by Crippen LogP contribution is 2.47. The van der Waals surface area contributed by atoms with E-state index in [4.69, 9.17) is 56.8 Å². The Hall–Kier alpha value is -6.42. The van der Waals surface area contributed by atoms with Gasteiger partial charge in [0.25, 0.3) is 0 Å². The number of hydrogen-bond donors (Lipinski definition) is 0. The average Bonchev–Trinajstić information content (AvgIpc) is 3.32. The number of benzene rings is 6. The molecule has 63 heavy (non-hydrogen) atoms. The molecule has 0 fully saturated rings. The Balaban J connectivity index is 1.75. The van der Waals surface area contributed by atoms with Gasteiger partial charge in [0.15, 0.2) is 0 Å². The topological polar surface area (TPSA) is 111 Å². The first kappa shape index (κ1) is 44.6. The number of ether oxygens (including phenoxy) is 12. The fraction of sp³-hybridized carbons (Fsp3) is 0.250. The predicted octanol–water partition coefficient (Wildman–Crippen LogP) is 12.3. The summed E-state index contributed by atoms with van der Waals surface area (Å²) in [6, 6.07) is 23.1. The lowest BCUT2D eigenvalue weighted by Crippen LogP contribution is -1.92. The lowest BCUT2D eigenvalue weighted by Gasteiger charge is -2.13. The first-order valence-corrected chi connectivity index (χ1v) is 21.7. The minimum atomic E-state index is 0.579. The molecule has 0 saturated heterocycles. The average molecular weight is 913 g/mol. The molecule has 12 bridgehead atoms. The standard InChI is InChI=1S/C48H48O12S3/c1-49-31-19-43-37(55-7)13-25(31)26-14-38(56-8)45(20-32(26)50-2)62-46-22-34(52-4)29(17-40(46)58-10)30-18-42(60-12)48(24-36(30)54-6)63-47-23-35(53-5)28(16-41(47)59-11)27-15-39(57-9)44(61-43)21-33(27)51-3/h13-24H,1-12H3. The second-order valence-corrected chi connectivity index (χ2v) is 16.8. The quantitative estimate of drug-likeness (QED) is 0.116. The minimum Gasteiger partial charge on any atom is -0.496 e. The summed E-state index contributed by atoms with van der Waals surface area (Å²) in [6.07, 6.45) is 0. The van der Waals surface area contributed by atoms with Crippen LogP contribution in [0.2, 0.25) is 0 Å². The van der Waals surface area contributed by atoms with Crippen LogP contribution in [0, 0.1) is 0 Å². The van der Waals surface area contributed by atoms with Crippen molar-refractivity contribution in [3.63, 3.8) is 0 Å². The summed E-state index contributed by atoms with van der Waals surface area (Å²) in [5, 5.41) is 4.36. The molecular formula is C48H48O12S3. The highest BCUT2D eigenvalue weighted by atomic mass is 32.1. The van der Waals surface area contributed by atoms with Crippen molar-refractivity contribution in [1.29, 1.82) is 0 Å². The Kier molecular flexibility index (Phi) is 13.7. The molecule has 22 aromatic rings. The normalized spacial score (nSPS) is 10.9. The van der Waals surface area contributed by atoms with E-state index in [1.54, 1.807) is 85.3 Å². The summed E-state index contributed by atoms with van der Waals surface area (Å²) in [5.74, 6) is 7.04. The van der Waals surface area contributed by atoms with Gasteiger partial charge in [0, 0.05) is 68.7 Å². The SMILES string of the molecule is COc1cc2c(OC)cc1sc1cc(OC)c(cc1OC)c1cc(OC)c(cc1OC)sc1cc(OC)c(cc1OC)c1cc(OC)c(cc1OC)sc1cc(OC)c2cc1OC. The van der Waals surface area contributed by atoms with Gasteiger partial charge in [0.05, 0.1) is 114 Å². The summed E-state index contributed by atoms with van der Waals surface area (Å²) in [6.45, 7) is 0. The molecule has 0 aliphatic rings. The number of rotatable bonds is 12. The molecule has 16 heterocycles. The molecule has 0 saturated carbocycles. The predicted molar refractivity (Wildman–Crippen MR) is 257 cm³/mol. The lowest BCUT2D eigenvalue weighted by atomic mass is 10.1. The maximum Gasteiger partial charge on any atom is 0.136 e. The molecule has 330 valence electrons. The largest absolute Gasteiger partial charge is 0.496 e. The van der Waals surface area contributed by atoms with Crippen LogP contribution in [0.3, 0.4) is 0 Å². The fourth-order valence-electron chi connectivity index (χ4n) is 7.32. The molecule has 0 amide bonds. The lowest BCUT2D eigenvalue weighted by molar-refractivity contribution is 0.408. The number of hydrogen-bond acceptors (Lipinski definition) is 15. The van der Waals surface area contributed by atoms with E-state index < -0.39 is 0 Å². The van der Waals surface area contributed by atoms with E-state index >= 15 is 0 Å². The molecule has 15 heteroatoms. The van der Waals surface area contributed by atoms with Crippen molar-refractivity contribution in [1.82, 2.24) is 0 Å². The van der Waals surface area contributed by atoms with E-state index in [1.807, 2.05) is 72.8 Å². The van der Waals surface area contributed by atoms with Gasteiger partial charge in [-0.2, -0.15) is 0 Å². The van der Waals surface area contributed by atoms with Crippen molar-refractivity contribution in [2.24, 2.45) is 0 Å². The Bertz CT molecular complexity index is 2550. The monoisotopic (exact) mass is 912 g/mol. The minimum absolute atomic E-state index is 0.579. The second kappa shape index (κ2) is 19.3. The molecule has 6 aromatic carbocycles. The molecule has 0 atom stereocenters. The van der Waals surface area contributed by atoms with Gasteiger partial charge in [-0.1, -0.05) is 0 Å². The summed E-state index contributed by atoms with van der Waals surface area (Å²) < 4.78 is 77.1. The van der Waals surface area contributed by atoms with Gasteiger partial charge in [-0.15, -0.1) is 34.0 Å². The molecule has 0 aliphatic carbocycles. The summed E-state index contributed by atoms with van der Waals surface area (Å²) in [5.41, 5.74) is 0. The highest BCUT2D eigenvalue weighted by molar-refractivity contribution is 7.24. The fourth-order valence-corrected chi connectivity index (χ4v) is 10.5. The van der Waals surface area contributed by atoms with E-state index in [0.29, 0.717) is 69.0 Å². The molecule has 0 aliphatic heterocycles. The van der Waals surface area contributed by atoms with E-state index in [0.717, 1.165) is 60.5 Å². The molecule has 0 unspecified atom stereocenters. The maximum absolute atomic E-state index is 6.05. The smallest absolute Gasteiger partial charge is 0.136 e. The van der Waals surface area contributed by atoms with E-state index in [9.17, 15) is 0 Å². The van der Waals surface area contributed by atoms with Crippen molar-refractivity contribution in [3.8, 4) is 69.0 Å². The summed E-state index contributed by atoms with van der Waals surface area (Å²) in [4.78, 5) is 0. The van der Waals surface area contributed by atoms with Crippen molar-refractivity contribution >= 4 is 94.5 Å². The van der Waals surface area contributed by atoms with Gasteiger partial charge in [0.1, 0.15) is 69.0 Å². The second-order valence-electron chi connectivity index (χ2n) is 13.5. The Morgan fingerprint density at radius 2 is 0.317 bits per heavy atom. The van der Waals surface area contributed by atoms with Crippen LogP contribution < -0.4 is 56.8 Å². The van der Waals surface area contributed by atoms with Crippen LogP contribution in [0.4, 0.5) is 0 Å². The van der Waals surface area contributed by atoms with Crippen molar-refractivity contribution in [2.45, 2.75) is 0 Å². The van der Waals surface area contributed by atoms with Crippen molar-refractivity contribution in [2.75, 3.05) is 85.3 Å². The van der Waals surface area contributed by atoms with Crippen molar-refractivity contribution < 1.29 is 56.8 Å². The molecule has 0 spiro atoms.